The van der Waals surface area contributed by atoms with E-state index in [1.54, 1.807) is 28.5 Å². The van der Waals surface area contributed by atoms with E-state index in [1.807, 2.05) is 60.8 Å². The van der Waals surface area contributed by atoms with Crippen molar-refractivity contribution in [2.24, 2.45) is 5.10 Å². The van der Waals surface area contributed by atoms with Crippen LogP contribution in [0.4, 0.5) is 5.69 Å². The Morgan fingerprint density at radius 1 is 1.10 bits per heavy atom. The Hall–Kier alpha value is -2.97. The van der Waals surface area contributed by atoms with E-state index >= 15 is 0 Å². The number of aryl methyl sites for hydroxylation is 1. The van der Waals surface area contributed by atoms with Gasteiger partial charge in [0.15, 0.2) is 0 Å². The first kappa shape index (κ1) is 20.3. The molecule has 4 rings (SSSR count). The monoisotopic (exact) mass is 439 g/mol. The third kappa shape index (κ3) is 4.29. The lowest BCUT2D eigenvalue weighted by Crippen LogP contribution is -2.27. The van der Waals surface area contributed by atoms with Crippen molar-refractivity contribution in [1.29, 1.82) is 0 Å². The number of hydrogen-bond acceptors (Lipinski definition) is 5. The average Bonchev–Trinajstić information content (AvgIpc) is 3.37. The van der Waals surface area contributed by atoms with Gasteiger partial charge in [0.05, 0.1) is 18.0 Å². The molecule has 0 fully saturated rings. The molecular weight excluding hydrogens is 418 g/mol. The van der Waals surface area contributed by atoms with Crippen LogP contribution in [-0.2, 0) is 10.0 Å². The van der Waals surface area contributed by atoms with Crippen molar-refractivity contribution >= 4 is 38.7 Å². The first-order chi connectivity index (χ1) is 14.3. The number of amides is 1. The van der Waals surface area contributed by atoms with Crippen LogP contribution in [0.3, 0.4) is 0 Å². The molecule has 0 spiro atoms. The van der Waals surface area contributed by atoms with Gasteiger partial charge < -0.3 is 0 Å². The number of hydrogen-bond donors (Lipinski definition) is 1. The number of rotatable bonds is 5. The molecule has 6 nitrogen and oxygen atoms in total. The molecule has 8 heteroatoms. The SMILES string of the molecule is Cc1ccccc1C(=O)N1N=C(c2ccc(NS(C)(=O)=O)cc2)C[C@H]1c1cccs1. The van der Waals surface area contributed by atoms with Gasteiger partial charge in [-0.2, -0.15) is 5.10 Å². The summed E-state index contributed by atoms with van der Waals surface area (Å²) >= 11 is 1.60. The molecule has 154 valence electrons. The standard InChI is InChI=1S/C22H21N3O3S2/c1-15-6-3-4-7-18(15)22(26)25-20(21-8-5-13-29-21)14-19(23-25)16-9-11-17(12-10-16)24-30(2,27)28/h3-13,20,24H,14H2,1-2H3/t20-/m0/s1. The molecule has 0 radical (unpaired) electrons. The Kier molecular flexibility index (Phi) is 5.44. The number of carbonyl (C=O) groups is 1. The highest BCUT2D eigenvalue weighted by Crippen LogP contribution is 2.36. The molecular formula is C22H21N3O3S2. The largest absolute Gasteiger partial charge is 0.284 e. The molecule has 0 saturated heterocycles. The second-order valence-corrected chi connectivity index (χ2v) is 9.93. The lowest BCUT2D eigenvalue weighted by atomic mass is 10.0. The first-order valence-electron chi connectivity index (χ1n) is 9.40. The summed E-state index contributed by atoms with van der Waals surface area (Å²) in [5.74, 6) is -0.128. The Morgan fingerprint density at radius 2 is 1.83 bits per heavy atom. The molecule has 2 heterocycles. The Labute approximate surface area is 179 Å². The molecule has 2 aromatic carbocycles. The normalized spacial score (nSPS) is 16.4. The summed E-state index contributed by atoms with van der Waals surface area (Å²) in [5.41, 5.74) is 3.68. The summed E-state index contributed by atoms with van der Waals surface area (Å²) in [7, 11) is -3.33. The second kappa shape index (κ2) is 8.04. The summed E-state index contributed by atoms with van der Waals surface area (Å²) in [6.07, 6.45) is 1.71. The van der Waals surface area contributed by atoms with E-state index < -0.39 is 10.0 Å². The van der Waals surface area contributed by atoms with Gasteiger partial charge in [-0.1, -0.05) is 36.4 Å². The maximum atomic E-state index is 13.3. The molecule has 1 aromatic heterocycles. The predicted octanol–water partition coefficient (Wildman–Crippen LogP) is 4.42. The van der Waals surface area contributed by atoms with Crippen molar-refractivity contribution in [3.05, 3.63) is 87.6 Å². The zero-order valence-electron chi connectivity index (χ0n) is 16.6. The number of benzene rings is 2. The highest BCUT2D eigenvalue weighted by molar-refractivity contribution is 7.92. The van der Waals surface area contributed by atoms with Gasteiger partial charge in [0, 0.05) is 22.5 Å². The molecule has 1 aliphatic heterocycles. The van der Waals surface area contributed by atoms with Gasteiger partial charge in [-0.25, -0.2) is 13.4 Å². The number of carbonyl (C=O) groups excluding carboxylic acids is 1. The number of hydrazone groups is 1. The van der Waals surface area contributed by atoms with E-state index in [9.17, 15) is 13.2 Å². The smallest absolute Gasteiger partial charge is 0.274 e. The summed E-state index contributed by atoms with van der Waals surface area (Å²) in [5, 5.41) is 8.26. The number of nitrogens with zero attached hydrogens (tertiary/aromatic N) is 2. The molecule has 1 amide bonds. The van der Waals surface area contributed by atoms with Gasteiger partial charge in [0.1, 0.15) is 0 Å². The van der Waals surface area contributed by atoms with E-state index in [0.717, 1.165) is 28.0 Å². The zero-order valence-corrected chi connectivity index (χ0v) is 18.2. The summed E-state index contributed by atoms with van der Waals surface area (Å²) < 4.78 is 25.3. The minimum atomic E-state index is -3.33. The lowest BCUT2D eigenvalue weighted by Gasteiger charge is -2.21. The highest BCUT2D eigenvalue weighted by atomic mass is 32.2. The molecule has 0 saturated carbocycles. The molecule has 0 bridgehead atoms. The topological polar surface area (TPSA) is 78.8 Å². The van der Waals surface area contributed by atoms with Gasteiger partial charge in [-0.3, -0.25) is 9.52 Å². The summed E-state index contributed by atoms with van der Waals surface area (Å²) in [6.45, 7) is 1.92. The van der Waals surface area contributed by atoms with Gasteiger partial charge in [0.25, 0.3) is 5.91 Å². The van der Waals surface area contributed by atoms with Crippen molar-refractivity contribution in [1.82, 2.24) is 5.01 Å². The van der Waals surface area contributed by atoms with E-state index in [0.29, 0.717) is 17.7 Å². The molecule has 30 heavy (non-hydrogen) atoms. The Morgan fingerprint density at radius 3 is 2.47 bits per heavy atom. The fraction of sp³-hybridized carbons (Fsp3) is 0.182. The molecule has 1 atom stereocenters. The number of nitrogens with one attached hydrogen (secondary N) is 1. The van der Waals surface area contributed by atoms with E-state index in [-0.39, 0.29) is 11.9 Å². The molecule has 0 aliphatic carbocycles. The molecule has 0 unspecified atom stereocenters. The maximum Gasteiger partial charge on any atom is 0.274 e. The van der Waals surface area contributed by atoms with E-state index in [2.05, 4.69) is 9.82 Å². The molecule has 3 aromatic rings. The van der Waals surface area contributed by atoms with Gasteiger partial charge >= 0.3 is 0 Å². The van der Waals surface area contributed by atoms with Crippen LogP contribution in [0.2, 0.25) is 0 Å². The molecule has 1 aliphatic rings. The highest BCUT2D eigenvalue weighted by Gasteiger charge is 2.34. The first-order valence-corrected chi connectivity index (χ1v) is 12.2. The van der Waals surface area contributed by atoms with Crippen molar-refractivity contribution in [2.45, 2.75) is 19.4 Å². The maximum absolute atomic E-state index is 13.3. The quantitative estimate of drug-likeness (QED) is 0.639. The summed E-state index contributed by atoms with van der Waals surface area (Å²) in [4.78, 5) is 14.4. The van der Waals surface area contributed by atoms with Crippen molar-refractivity contribution < 1.29 is 13.2 Å². The van der Waals surface area contributed by atoms with Crippen LogP contribution >= 0.6 is 11.3 Å². The van der Waals surface area contributed by atoms with Crippen LogP contribution in [0.15, 0.2) is 71.1 Å². The van der Waals surface area contributed by atoms with Crippen LogP contribution in [0.25, 0.3) is 0 Å². The van der Waals surface area contributed by atoms with Crippen molar-refractivity contribution in [3.8, 4) is 0 Å². The number of thiophene rings is 1. The average molecular weight is 440 g/mol. The van der Waals surface area contributed by atoms with Crippen LogP contribution in [-0.4, -0.2) is 31.3 Å². The lowest BCUT2D eigenvalue weighted by molar-refractivity contribution is 0.0713. The van der Waals surface area contributed by atoms with Crippen LogP contribution in [0, 0.1) is 6.92 Å². The van der Waals surface area contributed by atoms with E-state index in [4.69, 9.17) is 0 Å². The minimum Gasteiger partial charge on any atom is -0.284 e. The number of sulfonamides is 1. The Bertz CT molecular complexity index is 1200. The van der Waals surface area contributed by atoms with Crippen LogP contribution < -0.4 is 4.72 Å². The van der Waals surface area contributed by atoms with Crippen LogP contribution in [0.1, 0.15) is 38.8 Å². The Balaban J connectivity index is 1.67. The van der Waals surface area contributed by atoms with E-state index in [1.165, 1.54) is 0 Å². The minimum absolute atomic E-state index is 0.128. The second-order valence-electron chi connectivity index (χ2n) is 7.20. The number of anilines is 1. The van der Waals surface area contributed by atoms with Gasteiger partial charge in [-0.05, 0) is 47.7 Å². The fourth-order valence-electron chi connectivity index (χ4n) is 3.46. The van der Waals surface area contributed by atoms with Gasteiger partial charge in [-0.15, -0.1) is 11.3 Å². The van der Waals surface area contributed by atoms with Crippen molar-refractivity contribution in [2.75, 3.05) is 11.0 Å². The predicted molar refractivity (Wildman–Crippen MR) is 120 cm³/mol. The van der Waals surface area contributed by atoms with Gasteiger partial charge in [0.2, 0.25) is 10.0 Å². The van der Waals surface area contributed by atoms with Crippen molar-refractivity contribution in [3.63, 3.8) is 0 Å². The third-order valence-corrected chi connectivity index (χ3v) is 6.47. The summed E-state index contributed by atoms with van der Waals surface area (Å²) in [6, 6.07) is 18.4. The van der Waals surface area contributed by atoms with Crippen LogP contribution in [0.5, 0.6) is 0 Å². The zero-order chi connectivity index (χ0) is 21.3. The fourth-order valence-corrected chi connectivity index (χ4v) is 4.83. The third-order valence-electron chi connectivity index (χ3n) is 4.89. The molecule has 1 N–H and O–H groups in total.